The van der Waals surface area contributed by atoms with E-state index < -0.39 is 35.6 Å². The lowest BCUT2D eigenvalue weighted by atomic mass is 10.0. The molecule has 3 rings (SSSR count). The first kappa shape index (κ1) is 30.9. The molecule has 1 aromatic rings. The zero-order valence-electron chi connectivity index (χ0n) is 23.7. The summed E-state index contributed by atoms with van der Waals surface area (Å²) in [5.41, 5.74) is -0.652. The van der Waals surface area contributed by atoms with E-state index in [9.17, 15) is 23.9 Å². The van der Waals surface area contributed by atoms with E-state index in [0.29, 0.717) is 19.6 Å². The normalized spacial score (nSPS) is 21.1. The minimum Gasteiger partial charge on any atom is -0.444 e. The van der Waals surface area contributed by atoms with Gasteiger partial charge in [-0.2, -0.15) is 0 Å². The number of hydrogen-bond donors (Lipinski definition) is 2. The molecule has 2 aliphatic rings. The van der Waals surface area contributed by atoms with Crippen LogP contribution in [0.4, 0.5) is 19.7 Å². The van der Waals surface area contributed by atoms with Crippen molar-refractivity contribution in [3.63, 3.8) is 0 Å². The molecule has 218 valence electrons. The van der Waals surface area contributed by atoms with Crippen molar-refractivity contribution in [1.29, 1.82) is 0 Å². The minimum atomic E-state index is -0.750. The van der Waals surface area contributed by atoms with Gasteiger partial charge >= 0.3 is 12.1 Å². The summed E-state index contributed by atoms with van der Waals surface area (Å²) >= 11 is 5.74. The zero-order valence-corrected chi connectivity index (χ0v) is 24.4. The van der Waals surface area contributed by atoms with Crippen LogP contribution in [0, 0.1) is 5.82 Å². The maximum atomic E-state index is 13.9. The summed E-state index contributed by atoms with van der Waals surface area (Å²) in [6, 6.07) is 2.31. The smallest absolute Gasteiger partial charge is 0.411 e. The molecule has 0 aliphatic carbocycles. The van der Waals surface area contributed by atoms with Gasteiger partial charge in [-0.05, 0) is 66.2 Å². The van der Waals surface area contributed by atoms with E-state index in [0.717, 1.165) is 6.07 Å². The Morgan fingerprint density at radius 2 is 1.72 bits per heavy atom. The molecule has 2 atom stereocenters. The van der Waals surface area contributed by atoms with E-state index in [1.54, 1.807) is 30.6 Å². The first-order chi connectivity index (χ1) is 18.1. The molecular formula is C27H41ClFN5O5. The number of ether oxygens (including phenoxy) is 1. The fraction of sp³-hybridized carbons (Fsp3) is 0.667. The van der Waals surface area contributed by atoms with Gasteiger partial charge < -0.3 is 25.0 Å². The molecule has 2 fully saturated rings. The molecule has 2 saturated heterocycles. The summed E-state index contributed by atoms with van der Waals surface area (Å²) in [6.07, 6.45) is -0.282. The molecular weight excluding hydrogens is 529 g/mol. The summed E-state index contributed by atoms with van der Waals surface area (Å²) in [5, 5.41) is 12.3. The molecule has 0 aromatic heterocycles. The van der Waals surface area contributed by atoms with Crippen molar-refractivity contribution >= 4 is 35.3 Å². The lowest BCUT2D eigenvalue weighted by molar-refractivity contribution is -0.143. The molecule has 0 spiro atoms. The molecule has 39 heavy (non-hydrogen) atoms. The summed E-state index contributed by atoms with van der Waals surface area (Å²) in [6.45, 7) is 13.3. The second kappa shape index (κ2) is 12.3. The third-order valence-corrected chi connectivity index (χ3v) is 7.24. The van der Waals surface area contributed by atoms with Gasteiger partial charge in [-0.15, -0.1) is 0 Å². The lowest BCUT2D eigenvalue weighted by Crippen LogP contribution is -2.66. The number of nitrogens with one attached hydrogen (secondary N) is 1. The van der Waals surface area contributed by atoms with Crippen molar-refractivity contribution in [2.75, 3.05) is 51.2 Å². The number of rotatable bonds is 4. The van der Waals surface area contributed by atoms with Gasteiger partial charge in [0.2, 0.25) is 5.91 Å². The maximum absolute atomic E-state index is 13.9. The molecule has 2 heterocycles. The highest BCUT2D eigenvalue weighted by Gasteiger charge is 2.43. The fourth-order valence-corrected chi connectivity index (χ4v) is 4.96. The number of hydrogen-bond acceptors (Lipinski definition) is 6. The van der Waals surface area contributed by atoms with E-state index in [1.165, 1.54) is 17.0 Å². The van der Waals surface area contributed by atoms with Crippen LogP contribution < -0.4 is 5.32 Å². The highest BCUT2D eigenvalue weighted by Crippen LogP contribution is 2.25. The molecule has 0 saturated carbocycles. The van der Waals surface area contributed by atoms with Crippen molar-refractivity contribution in [3.05, 3.63) is 29.0 Å². The molecule has 0 bridgehead atoms. The second-order valence-electron chi connectivity index (χ2n) is 12.0. The van der Waals surface area contributed by atoms with Crippen LogP contribution in [0.25, 0.3) is 0 Å². The van der Waals surface area contributed by atoms with Crippen molar-refractivity contribution < 1.29 is 28.6 Å². The van der Waals surface area contributed by atoms with Crippen LogP contribution in [0.1, 0.15) is 48.0 Å². The molecule has 0 radical (unpaired) electrons. The van der Waals surface area contributed by atoms with Crippen LogP contribution in [0.15, 0.2) is 18.2 Å². The Morgan fingerprint density at radius 3 is 2.31 bits per heavy atom. The van der Waals surface area contributed by atoms with E-state index in [-0.39, 0.29) is 54.8 Å². The van der Waals surface area contributed by atoms with E-state index in [2.05, 4.69) is 31.0 Å². The highest BCUT2D eigenvalue weighted by molar-refractivity contribution is 6.30. The predicted octanol–water partition coefficient (Wildman–Crippen LogP) is 3.63. The Bertz CT molecular complexity index is 1060. The van der Waals surface area contributed by atoms with Gasteiger partial charge in [0.25, 0.3) is 0 Å². The van der Waals surface area contributed by atoms with Gasteiger partial charge in [0.1, 0.15) is 17.5 Å². The van der Waals surface area contributed by atoms with E-state index in [4.69, 9.17) is 16.3 Å². The Kier molecular flexibility index (Phi) is 9.72. The molecule has 12 heteroatoms. The summed E-state index contributed by atoms with van der Waals surface area (Å²) in [7, 11) is 0. The van der Waals surface area contributed by atoms with Crippen molar-refractivity contribution in [1.82, 2.24) is 19.6 Å². The number of aliphatic hydroxyl groups excluding tert-OH is 1. The number of urea groups is 1. The van der Waals surface area contributed by atoms with Crippen molar-refractivity contribution in [2.24, 2.45) is 0 Å². The second-order valence-corrected chi connectivity index (χ2v) is 12.4. The number of carbonyl (C=O) groups excluding carboxylic acids is 3. The molecule has 2 unspecified atom stereocenters. The van der Waals surface area contributed by atoms with Gasteiger partial charge in [-0.25, -0.2) is 14.0 Å². The lowest BCUT2D eigenvalue weighted by Gasteiger charge is -2.48. The van der Waals surface area contributed by atoms with Crippen molar-refractivity contribution in [3.8, 4) is 0 Å². The first-order valence-electron chi connectivity index (χ1n) is 13.3. The Morgan fingerprint density at radius 1 is 1.05 bits per heavy atom. The van der Waals surface area contributed by atoms with Gasteiger partial charge in [-0.1, -0.05) is 11.6 Å². The van der Waals surface area contributed by atoms with E-state index in [1.807, 2.05) is 0 Å². The van der Waals surface area contributed by atoms with Crippen LogP contribution in [-0.4, -0.2) is 112 Å². The average molecular weight is 570 g/mol. The number of carbonyl (C=O) groups is 3. The van der Waals surface area contributed by atoms with E-state index >= 15 is 0 Å². The quantitative estimate of drug-likeness (QED) is 0.574. The summed E-state index contributed by atoms with van der Waals surface area (Å²) < 4.78 is 19.5. The largest absolute Gasteiger partial charge is 0.444 e. The molecule has 4 amide bonds. The minimum absolute atomic E-state index is 0.0496. The Balaban J connectivity index is 1.77. The molecule has 10 nitrogen and oxygen atoms in total. The van der Waals surface area contributed by atoms with Crippen LogP contribution in [0.2, 0.25) is 5.02 Å². The summed E-state index contributed by atoms with van der Waals surface area (Å²) in [4.78, 5) is 46.9. The summed E-state index contributed by atoms with van der Waals surface area (Å²) in [5.74, 6) is -0.874. The number of piperazine rings is 2. The zero-order chi connectivity index (χ0) is 29.1. The predicted molar refractivity (Wildman–Crippen MR) is 147 cm³/mol. The first-order valence-corrected chi connectivity index (χ1v) is 13.7. The number of benzene rings is 1. The molecule has 2 aliphatic heterocycles. The van der Waals surface area contributed by atoms with Crippen LogP contribution in [0.3, 0.4) is 0 Å². The standard InChI is InChI=1S/C27H41ClFN5O5/c1-26(2,3)32-11-13-34(25(38)39-27(4,5)6)22(17-32)23(36)31-10-12-33(19(16-31)9-14-35)24(37)30-18-7-8-20(28)21(29)15-18/h7-8,15,19,22,35H,9-14,16-17H2,1-6H3,(H,30,37). The Hall–Kier alpha value is -2.63. The number of nitrogens with zero attached hydrogens (tertiary/aromatic N) is 4. The average Bonchev–Trinajstić information content (AvgIpc) is 2.84. The number of halogens is 2. The monoisotopic (exact) mass is 569 g/mol. The van der Waals surface area contributed by atoms with Gasteiger partial charge in [0.15, 0.2) is 0 Å². The molecule has 2 N–H and O–H groups in total. The van der Waals surface area contributed by atoms with Crippen LogP contribution in [0.5, 0.6) is 0 Å². The third kappa shape index (κ3) is 7.95. The maximum Gasteiger partial charge on any atom is 0.411 e. The van der Waals surface area contributed by atoms with Gasteiger partial charge in [0.05, 0.1) is 11.1 Å². The third-order valence-electron chi connectivity index (χ3n) is 6.93. The van der Waals surface area contributed by atoms with Gasteiger partial charge in [0, 0.05) is 57.1 Å². The highest BCUT2D eigenvalue weighted by atomic mass is 35.5. The van der Waals surface area contributed by atoms with Crippen LogP contribution in [-0.2, 0) is 9.53 Å². The number of anilines is 1. The number of aliphatic hydroxyl groups is 1. The molecule has 1 aromatic carbocycles. The SMILES string of the molecule is CC(C)(C)OC(=O)N1CCN(C(C)(C)C)CC1C(=O)N1CCN(C(=O)Nc2ccc(Cl)c(F)c2)C(CCO)C1. The number of amides is 4. The Labute approximate surface area is 235 Å². The topological polar surface area (TPSA) is 106 Å². The van der Waals surface area contributed by atoms with Crippen molar-refractivity contribution in [2.45, 2.75) is 71.2 Å². The van der Waals surface area contributed by atoms with Gasteiger partial charge in [-0.3, -0.25) is 14.6 Å². The van der Waals surface area contributed by atoms with Crippen LogP contribution >= 0.6 is 11.6 Å². The fourth-order valence-electron chi connectivity index (χ4n) is 4.84.